The monoisotopic (exact) mass is 236 g/mol. The lowest BCUT2D eigenvalue weighted by Crippen LogP contribution is -2.45. The van der Waals surface area contributed by atoms with Crippen LogP contribution in [0.3, 0.4) is 0 Å². The van der Waals surface area contributed by atoms with Crippen molar-refractivity contribution in [3.63, 3.8) is 0 Å². The average Bonchev–Trinajstić information content (AvgIpc) is 2.28. The van der Waals surface area contributed by atoms with Gasteiger partial charge in [-0.1, -0.05) is 0 Å². The van der Waals surface area contributed by atoms with Crippen LogP contribution in [0, 0.1) is 0 Å². The molecule has 17 heavy (non-hydrogen) atoms. The van der Waals surface area contributed by atoms with Gasteiger partial charge in [0, 0.05) is 19.9 Å². The Bertz CT molecular complexity index is 410. The van der Waals surface area contributed by atoms with Crippen molar-refractivity contribution in [2.45, 2.75) is 24.9 Å². The second-order valence-electron chi connectivity index (χ2n) is 4.32. The summed E-state index contributed by atoms with van der Waals surface area (Å²) in [6.07, 6.45) is 6.20. The van der Waals surface area contributed by atoms with Crippen molar-refractivity contribution in [2.24, 2.45) is 0 Å². The Kier molecular flexibility index (Phi) is 3.28. The molecule has 0 saturated heterocycles. The van der Waals surface area contributed by atoms with E-state index in [1.54, 1.807) is 7.11 Å². The lowest BCUT2D eigenvalue weighted by molar-refractivity contribution is -0.0601. The lowest BCUT2D eigenvalue weighted by Gasteiger charge is -2.40. The maximum Gasteiger partial charge on any atom is 0.337 e. The van der Waals surface area contributed by atoms with E-state index in [2.05, 4.69) is 10.3 Å². The van der Waals surface area contributed by atoms with Crippen molar-refractivity contribution in [1.82, 2.24) is 4.98 Å². The van der Waals surface area contributed by atoms with Gasteiger partial charge < -0.3 is 15.2 Å². The van der Waals surface area contributed by atoms with Crippen LogP contribution < -0.4 is 5.32 Å². The number of nitrogens with one attached hydrogen (secondary N) is 1. The van der Waals surface area contributed by atoms with Gasteiger partial charge in [0.1, 0.15) is 0 Å². The average molecular weight is 236 g/mol. The molecule has 0 atom stereocenters. The first-order chi connectivity index (χ1) is 8.17. The molecule has 0 spiro atoms. The van der Waals surface area contributed by atoms with Crippen LogP contribution in [-0.2, 0) is 4.74 Å². The molecule has 0 aliphatic heterocycles. The van der Waals surface area contributed by atoms with Crippen LogP contribution in [0.15, 0.2) is 18.5 Å². The number of carbonyl (C=O) groups is 1. The summed E-state index contributed by atoms with van der Waals surface area (Å²) in [6.45, 7) is 0.621. The summed E-state index contributed by atoms with van der Waals surface area (Å²) in [4.78, 5) is 14.9. The fourth-order valence-corrected chi connectivity index (χ4v) is 2.00. The number of hydrogen-bond donors (Lipinski definition) is 2. The van der Waals surface area contributed by atoms with Crippen molar-refractivity contribution in [2.75, 3.05) is 19.0 Å². The normalized spacial score (nSPS) is 17.2. The van der Waals surface area contributed by atoms with Crippen LogP contribution in [0.25, 0.3) is 0 Å². The molecule has 0 unspecified atom stereocenters. The quantitative estimate of drug-likeness (QED) is 0.815. The van der Waals surface area contributed by atoms with Gasteiger partial charge in [-0.25, -0.2) is 4.79 Å². The van der Waals surface area contributed by atoms with Gasteiger partial charge >= 0.3 is 5.97 Å². The highest BCUT2D eigenvalue weighted by atomic mass is 16.5. The van der Waals surface area contributed by atoms with Crippen LogP contribution in [0.4, 0.5) is 5.69 Å². The molecule has 1 aromatic rings. The van der Waals surface area contributed by atoms with E-state index in [-0.39, 0.29) is 11.2 Å². The highest BCUT2D eigenvalue weighted by Crippen LogP contribution is 2.35. The molecular formula is C12H16N2O3. The molecule has 2 rings (SSSR count). The molecule has 1 fully saturated rings. The number of methoxy groups -OCH3 is 1. The number of aromatic carboxylic acids is 1. The Balaban J connectivity index is 2.06. The Labute approximate surface area is 99.8 Å². The SMILES string of the molecule is COC1(CNc2cnccc2C(=O)O)CCC1. The standard InChI is InChI=1S/C12H16N2O3/c1-17-12(4-2-5-12)8-14-10-7-13-6-3-9(10)11(15)16/h3,6-7,14H,2,4-5,8H2,1H3,(H,15,16). The molecule has 1 aliphatic rings. The largest absolute Gasteiger partial charge is 0.478 e. The molecular weight excluding hydrogens is 220 g/mol. The minimum Gasteiger partial charge on any atom is -0.478 e. The first-order valence-electron chi connectivity index (χ1n) is 5.63. The summed E-state index contributed by atoms with van der Waals surface area (Å²) in [5.41, 5.74) is 0.653. The number of anilines is 1. The van der Waals surface area contributed by atoms with E-state index < -0.39 is 5.97 Å². The smallest absolute Gasteiger partial charge is 0.337 e. The second-order valence-corrected chi connectivity index (χ2v) is 4.32. The van der Waals surface area contributed by atoms with Crippen LogP contribution in [0.1, 0.15) is 29.6 Å². The van der Waals surface area contributed by atoms with E-state index in [0.29, 0.717) is 12.2 Å². The molecule has 1 aliphatic carbocycles. The third kappa shape index (κ3) is 2.39. The highest BCUT2D eigenvalue weighted by Gasteiger charge is 2.36. The molecule has 0 amide bonds. The fourth-order valence-electron chi connectivity index (χ4n) is 2.00. The number of rotatable bonds is 5. The minimum atomic E-state index is -0.949. The van der Waals surface area contributed by atoms with Crippen LogP contribution in [-0.4, -0.2) is 35.3 Å². The van der Waals surface area contributed by atoms with Gasteiger partial charge in [0.25, 0.3) is 0 Å². The first-order valence-corrected chi connectivity index (χ1v) is 5.63. The van der Waals surface area contributed by atoms with Crippen molar-refractivity contribution < 1.29 is 14.6 Å². The van der Waals surface area contributed by atoms with E-state index in [4.69, 9.17) is 9.84 Å². The molecule has 0 bridgehead atoms. The van der Waals surface area contributed by atoms with E-state index in [9.17, 15) is 4.79 Å². The second kappa shape index (κ2) is 4.71. The molecule has 0 radical (unpaired) electrons. The summed E-state index contributed by atoms with van der Waals surface area (Å²) in [5.74, 6) is -0.949. The van der Waals surface area contributed by atoms with Gasteiger partial charge in [0.2, 0.25) is 0 Å². The molecule has 1 heterocycles. The zero-order valence-corrected chi connectivity index (χ0v) is 9.77. The molecule has 2 N–H and O–H groups in total. The van der Waals surface area contributed by atoms with Gasteiger partial charge in [0.05, 0.1) is 23.0 Å². The summed E-state index contributed by atoms with van der Waals surface area (Å²) in [6, 6.07) is 1.49. The van der Waals surface area contributed by atoms with Crippen molar-refractivity contribution in [3.05, 3.63) is 24.0 Å². The zero-order chi connectivity index (χ0) is 12.3. The molecule has 5 nitrogen and oxygen atoms in total. The minimum absolute atomic E-state index is 0.133. The molecule has 1 aromatic heterocycles. The maximum atomic E-state index is 11.0. The number of aromatic nitrogens is 1. The van der Waals surface area contributed by atoms with E-state index >= 15 is 0 Å². The number of nitrogens with zero attached hydrogens (tertiary/aromatic N) is 1. The molecule has 92 valence electrons. The molecule has 0 aromatic carbocycles. The van der Waals surface area contributed by atoms with Crippen molar-refractivity contribution in [3.8, 4) is 0 Å². The van der Waals surface area contributed by atoms with Crippen LogP contribution in [0.5, 0.6) is 0 Å². The number of pyridine rings is 1. The Morgan fingerprint density at radius 3 is 2.94 bits per heavy atom. The van der Waals surface area contributed by atoms with Gasteiger partial charge in [-0.2, -0.15) is 0 Å². The van der Waals surface area contributed by atoms with Gasteiger partial charge in [0.15, 0.2) is 0 Å². The first kappa shape index (κ1) is 11.9. The zero-order valence-electron chi connectivity index (χ0n) is 9.77. The van der Waals surface area contributed by atoms with Crippen molar-refractivity contribution >= 4 is 11.7 Å². The Morgan fingerprint density at radius 2 is 2.41 bits per heavy atom. The predicted octanol–water partition coefficient (Wildman–Crippen LogP) is 1.76. The summed E-state index contributed by atoms with van der Waals surface area (Å²) >= 11 is 0. The number of carboxylic acids is 1. The number of carboxylic acid groups (broad SMARTS) is 1. The van der Waals surface area contributed by atoms with Gasteiger partial charge in [-0.15, -0.1) is 0 Å². The van der Waals surface area contributed by atoms with Gasteiger partial charge in [-0.05, 0) is 25.3 Å². The lowest BCUT2D eigenvalue weighted by atomic mass is 9.80. The van der Waals surface area contributed by atoms with E-state index in [1.807, 2.05) is 0 Å². The molecule has 1 saturated carbocycles. The topological polar surface area (TPSA) is 71.5 Å². The van der Waals surface area contributed by atoms with Gasteiger partial charge in [-0.3, -0.25) is 4.98 Å². The third-order valence-electron chi connectivity index (χ3n) is 3.35. The summed E-state index contributed by atoms with van der Waals surface area (Å²) in [7, 11) is 1.70. The fraction of sp³-hybridized carbons (Fsp3) is 0.500. The molecule has 5 heteroatoms. The van der Waals surface area contributed by atoms with E-state index in [1.165, 1.54) is 18.5 Å². The maximum absolute atomic E-state index is 11.0. The van der Waals surface area contributed by atoms with Crippen LogP contribution >= 0.6 is 0 Å². The number of ether oxygens (including phenoxy) is 1. The van der Waals surface area contributed by atoms with E-state index in [0.717, 1.165) is 19.3 Å². The highest BCUT2D eigenvalue weighted by molar-refractivity contribution is 5.93. The Morgan fingerprint density at radius 1 is 1.65 bits per heavy atom. The van der Waals surface area contributed by atoms with Crippen molar-refractivity contribution in [1.29, 1.82) is 0 Å². The van der Waals surface area contributed by atoms with Crippen LogP contribution in [0.2, 0.25) is 0 Å². The summed E-state index contributed by atoms with van der Waals surface area (Å²) in [5, 5.41) is 12.1. The third-order valence-corrected chi connectivity index (χ3v) is 3.35. The Hall–Kier alpha value is -1.62. The number of hydrogen-bond acceptors (Lipinski definition) is 4. The predicted molar refractivity (Wildman–Crippen MR) is 63.3 cm³/mol. The summed E-state index contributed by atoms with van der Waals surface area (Å²) < 4.78 is 5.47.